The largest absolute Gasteiger partial charge is 0.313 e. The van der Waals surface area contributed by atoms with Crippen molar-refractivity contribution in [1.82, 2.24) is 5.32 Å². The number of rotatable bonds is 4. The van der Waals surface area contributed by atoms with E-state index in [2.05, 4.69) is 5.32 Å². The van der Waals surface area contributed by atoms with Crippen molar-refractivity contribution in [1.29, 1.82) is 0 Å². The molecule has 2 aromatic rings. The lowest BCUT2D eigenvalue weighted by Crippen LogP contribution is -2.20. The molecule has 19 heavy (non-hydrogen) atoms. The second-order valence-corrected chi connectivity index (χ2v) is 4.64. The first-order valence-electron chi connectivity index (χ1n) is 6.28. The number of likely N-dealkylation sites (N-methyl/N-ethyl adjacent to an activating group) is 1. The Morgan fingerprint density at radius 1 is 1.11 bits per heavy atom. The van der Waals surface area contributed by atoms with E-state index in [9.17, 15) is 8.78 Å². The summed E-state index contributed by atoms with van der Waals surface area (Å²) in [7, 11) is 1.78. The molecule has 1 nitrogen and oxygen atoms in total. The molecule has 0 aliphatic heterocycles. The van der Waals surface area contributed by atoms with Gasteiger partial charge in [-0.1, -0.05) is 30.3 Å². The molecule has 0 aliphatic carbocycles. The van der Waals surface area contributed by atoms with Gasteiger partial charge in [0.15, 0.2) is 0 Å². The van der Waals surface area contributed by atoms with E-state index in [0.29, 0.717) is 12.0 Å². The third-order valence-corrected chi connectivity index (χ3v) is 3.37. The predicted molar refractivity (Wildman–Crippen MR) is 73.0 cm³/mol. The molecule has 100 valence electrons. The molecule has 3 heteroatoms. The molecule has 0 saturated carbocycles. The van der Waals surface area contributed by atoms with Gasteiger partial charge in [-0.2, -0.15) is 0 Å². The topological polar surface area (TPSA) is 12.0 Å². The molecule has 0 radical (unpaired) electrons. The molecule has 2 rings (SSSR count). The van der Waals surface area contributed by atoms with E-state index in [1.165, 1.54) is 17.7 Å². The molecule has 0 aliphatic rings. The van der Waals surface area contributed by atoms with E-state index in [-0.39, 0.29) is 6.04 Å². The van der Waals surface area contributed by atoms with Crippen LogP contribution in [-0.4, -0.2) is 7.05 Å². The van der Waals surface area contributed by atoms with Crippen LogP contribution in [0, 0.1) is 18.6 Å². The minimum atomic E-state index is -0.549. The first kappa shape index (κ1) is 13.7. The van der Waals surface area contributed by atoms with Gasteiger partial charge >= 0.3 is 0 Å². The van der Waals surface area contributed by atoms with Crippen molar-refractivity contribution in [3.8, 4) is 0 Å². The van der Waals surface area contributed by atoms with Crippen molar-refractivity contribution < 1.29 is 8.78 Å². The molecule has 2 aromatic carbocycles. The van der Waals surface area contributed by atoms with Gasteiger partial charge in [-0.05, 0) is 37.6 Å². The molecular formula is C16H17F2N. The van der Waals surface area contributed by atoms with Gasteiger partial charge in [0.05, 0.1) is 0 Å². The van der Waals surface area contributed by atoms with Crippen molar-refractivity contribution in [2.24, 2.45) is 0 Å². The summed E-state index contributed by atoms with van der Waals surface area (Å²) in [5, 5.41) is 3.09. The second kappa shape index (κ2) is 5.93. The van der Waals surface area contributed by atoms with Crippen LogP contribution in [0.5, 0.6) is 0 Å². The Hall–Kier alpha value is -1.74. The third-order valence-electron chi connectivity index (χ3n) is 3.37. The molecule has 0 bridgehead atoms. The first-order chi connectivity index (χ1) is 9.11. The Labute approximate surface area is 112 Å². The van der Waals surface area contributed by atoms with Gasteiger partial charge < -0.3 is 5.32 Å². The Morgan fingerprint density at radius 3 is 2.47 bits per heavy atom. The van der Waals surface area contributed by atoms with Gasteiger partial charge in [0.2, 0.25) is 0 Å². The fraction of sp³-hybridized carbons (Fsp3) is 0.250. The quantitative estimate of drug-likeness (QED) is 0.883. The van der Waals surface area contributed by atoms with Crippen LogP contribution in [0.1, 0.15) is 22.7 Å². The van der Waals surface area contributed by atoms with Crippen molar-refractivity contribution >= 4 is 0 Å². The van der Waals surface area contributed by atoms with Crippen LogP contribution >= 0.6 is 0 Å². The molecule has 0 saturated heterocycles. The summed E-state index contributed by atoms with van der Waals surface area (Å²) in [6.07, 6.45) is 0.672. The van der Waals surface area contributed by atoms with Crippen LogP contribution in [0.15, 0.2) is 42.5 Å². The van der Waals surface area contributed by atoms with Crippen LogP contribution in [-0.2, 0) is 6.42 Å². The number of benzene rings is 2. The maximum atomic E-state index is 13.8. The van der Waals surface area contributed by atoms with Gasteiger partial charge in [0.25, 0.3) is 0 Å². The van der Waals surface area contributed by atoms with Crippen molar-refractivity contribution in [2.75, 3.05) is 7.05 Å². The molecule has 0 fully saturated rings. The molecule has 1 atom stereocenters. The first-order valence-corrected chi connectivity index (χ1v) is 6.28. The summed E-state index contributed by atoms with van der Waals surface area (Å²) in [4.78, 5) is 0. The summed E-state index contributed by atoms with van der Waals surface area (Å²) < 4.78 is 26.8. The van der Waals surface area contributed by atoms with Crippen LogP contribution in [0.4, 0.5) is 8.78 Å². The van der Waals surface area contributed by atoms with Gasteiger partial charge in [-0.15, -0.1) is 0 Å². The van der Waals surface area contributed by atoms with E-state index in [1.807, 2.05) is 31.2 Å². The van der Waals surface area contributed by atoms with Crippen LogP contribution in [0.25, 0.3) is 0 Å². The maximum absolute atomic E-state index is 13.8. The SMILES string of the molecule is CNC(Cc1ccccc1C)c1ccc(F)cc1F. The Bertz CT molecular complexity index is 566. The highest BCUT2D eigenvalue weighted by Gasteiger charge is 2.15. The van der Waals surface area contributed by atoms with Gasteiger partial charge in [-0.3, -0.25) is 0 Å². The van der Waals surface area contributed by atoms with Gasteiger partial charge in [0, 0.05) is 17.7 Å². The summed E-state index contributed by atoms with van der Waals surface area (Å²) in [5.41, 5.74) is 2.82. The molecule has 0 amide bonds. The average molecular weight is 261 g/mol. The van der Waals surface area contributed by atoms with E-state index >= 15 is 0 Å². The molecule has 0 spiro atoms. The normalized spacial score (nSPS) is 12.4. The highest BCUT2D eigenvalue weighted by Crippen LogP contribution is 2.23. The van der Waals surface area contributed by atoms with E-state index in [4.69, 9.17) is 0 Å². The summed E-state index contributed by atoms with van der Waals surface area (Å²) in [5.74, 6) is -1.06. The van der Waals surface area contributed by atoms with E-state index in [0.717, 1.165) is 11.6 Å². The lowest BCUT2D eigenvalue weighted by Gasteiger charge is -2.18. The highest BCUT2D eigenvalue weighted by atomic mass is 19.1. The standard InChI is InChI=1S/C16H17F2N/c1-11-5-3-4-6-12(11)9-16(19-2)14-8-7-13(17)10-15(14)18/h3-8,10,16,19H,9H2,1-2H3. The van der Waals surface area contributed by atoms with Crippen molar-refractivity contribution in [3.05, 3.63) is 70.8 Å². The van der Waals surface area contributed by atoms with Crippen LogP contribution in [0.3, 0.4) is 0 Å². The maximum Gasteiger partial charge on any atom is 0.130 e. The number of hydrogen-bond donors (Lipinski definition) is 1. The summed E-state index contributed by atoms with van der Waals surface area (Å²) in [6, 6.07) is 11.6. The van der Waals surface area contributed by atoms with E-state index in [1.54, 1.807) is 7.05 Å². The van der Waals surface area contributed by atoms with Gasteiger partial charge in [0.1, 0.15) is 11.6 Å². The number of halogens is 2. The lowest BCUT2D eigenvalue weighted by atomic mass is 9.96. The zero-order chi connectivity index (χ0) is 13.8. The Morgan fingerprint density at radius 2 is 1.84 bits per heavy atom. The second-order valence-electron chi connectivity index (χ2n) is 4.64. The lowest BCUT2D eigenvalue weighted by molar-refractivity contribution is 0.521. The van der Waals surface area contributed by atoms with Crippen molar-refractivity contribution in [2.45, 2.75) is 19.4 Å². The molecule has 1 unspecified atom stereocenters. The van der Waals surface area contributed by atoms with Crippen LogP contribution < -0.4 is 5.32 Å². The van der Waals surface area contributed by atoms with E-state index < -0.39 is 11.6 Å². The highest BCUT2D eigenvalue weighted by molar-refractivity contribution is 5.30. The fourth-order valence-electron chi connectivity index (χ4n) is 2.21. The summed E-state index contributed by atoms with van der Waals surface area (Å²) in [6.45, 7) is 2.03. The van der Waals surface area contributed by atoms with Gasteiger partial charge in [-0.25, -0.2) is 8.78 Å². The molecule has 1 N–H and O–H groups in total. The smallest absolute Gasteiger partial charge is 0.130 e. The average Bonchev–Trinajstić information content (AvgIpc) is 2.39. The molecule has 0 aromatic heterocycles. The monoisotopic (exact) mass is 261 g/mol. The minimum absolute atomic E-state index is 0.165. The zero-order valence-electron chi connectivity index (χ0n) is 11.1. The number of aryl methyl sites for hydroxylation is 1. The summed E-state index contributed by atoms with van der Waals surface area (Å²) >= 11 is 0. The predicted octanol–water partition coefficient (Wildman–Crippen LogP) is 3.78. The van der Waals surface area contributed by atoms with Crippen molar-refractivity contribution in [3.63, 3.8) is 0 Å². The number of nitrogens with one attached hydrogen (secondary N) is 1. The number of hydrogen-bond acceptors (Lipinski definition) is 1. The molecular weight excluding hydrogens is 244 g/mol. The Kier molecular flexibility index (Phi) is 4.27. The third kappa shape index (κ3) is 3.18. The minimum Gasteiger partial charge on any atom is -0.313 e. The fourth-order valence-corrected chi connectivity index (χ4v) is 2.21. The zero-order valence-corrected chi connectivity index (χ0v) is 11.1. The Balaban J connectivity index is 2.28. The molecule has 0 heterocycles. The van der Waals surface area contributed by atoms with Crippen LogP contribution in [0.2, 0.25) is 0 Å².